The lowest BCUT2D eigenvalue weighted by atomic mass is 10.1. The number of benzene rings is 2. The summed E-state index contributed by atoms with van der Waals surface area (Å²) < 4.78 is 32.3. The highest BCUT2D eigenvalue weighted by atomic mass is 32.2. The maximum atomic E-state index is 12.5. The summed E-state index contributed by atoms with van der Waals surface area (Å²) in [5, 5.41) is 17.4. The van der Waals surface area contributed by atoms with Crippen molar-refractivity contribution in [2.45, 2.75) is 25.7 Å². The Labute approximate surface area is 174 Å². The monoisotopic (exact) mass is 430 g/mol. The zero-order chi connectivity index (χ0) is 22.5. The summed E-state index contributed by atoms with van der Waals surface area (Å²) in [7, 11) is -3.84. The second-order valence-corrected chi connectivity index (χ2v) is 8.26. The number of carbonyl (C=O) groups is 2. The first-order chi connectivity index (χ1) is 14.0. The van der Waals surface area contributed by atoms with E-state index in [4.69, 9.17) is 10.1 Å². The number of ether oxygens (including phenoxy) is 1. The van der Waals surface area contributed by atoms with E-state index in [1.165, 1.54) is 38.1 Å². The summed E-state index contributed by atoms with van der Waals surface area (Å²) in [6.07, 6.45) is 0. The highest BCUT2D eigenvalue weighted by Crippen LogP contribution is 2.18. The van der Waals surface area contributed by atoms with Crippen LogP contribution >= 0.6 is 0 Å². The van der Waals surface area contributed by atoms with Gasteiger partial charge in [0.15, 0.2) is 5.78 Å². The van der Waals surface area contributed by atoms with Crippen LogP contribution in [-0.2, 0) is 19.6 Å². The van der Waals surface area contributed by atoms with E-state index in [1.807, 2.05) is 6.92 Å². The maximum Gasteiger partial charge on any atom is 0.338 e. The van der Waals surface area contributed by atoms with Gasteiger partial charge in [-0.2, -0.15) is 0 Å². The van der Waals surface area contributed by atoms with Crippen molar-refractivity contribution < 1.29 is 27.9 Å². The van der Waals surface area contributed by atoms with Crippen molar-refractivity contribution in [1.29, 1.82) is 5.41 Å². The quantitative estimate of drug-likeness (QED) is 0.254. The van der Waals surface area contributed by atoms with Crippen molar-refractivity contribution >= 4 is 33.2 Å². The number of aryl methyl sites for hydroxylation is 1. The summed E-state index contributed by atoms with van der Waals surface area (Å²) >= 11 is 0. The van der Waals surface area contributed by atoms with Gasteiger partial charge in [0.1, 0.15) is 12.4 Å². The number of rotatable bonds is 8. The molecule has 0 atom stereocenters. The van der Waals surface area contributed by atoms with Crippen LogP contribution in [0, 0.1) is 12.3 Å². The predicted octanol–water partition coefficient (Wildman–Crippen LogP) is 3.39. The summed E-state index contributed by atoms with van der Waals surface area (Å²) in [5.74, 6) is -1.86. The molecule has 0 spiro atoms. The molecule has 30 heavy (non-hydrogen) atoms. The van der Waals surface area contributed by atoms with Gasteiger partial charge in [0.2, 0.25) is 0 Å². The van der Waals surface area contributed by atoms with Crippen LogP contribution in [0.2, 0.25) is 0 Å². The average molecular weight is 430 g/mol. The van der Waals surface area contributed by atoms with Gasteiger partial charge >= 0.3 is 5.97 Å². The van der Waals surface area contributed by atoms with Gasteiger partial charge in [-0.1, -0.05) is 17.7 Å². The van der Waals surface area contributed by atoms with E-state index in [1.54, 1.807) is 24.3 Å². The number of hydrogen-bond donors (Lipinski definition) is 3. The van der Waals surface area contributed by atoms with Gasteiger partial charge in [0.25, 0.3) is 10.0 Å². The second kappa shape index (κ2) is 9.36. The first-order valence-electron chi connectivity index (χ1n) is 8.86. The molecule has 0 unspecified atom stereocenters. The number of sulfonamides is 1. The molecule has 2 aromatic rings. The van der Waals surface area contributed by atoms with E-state index in [0.717, 1.165) is 5.56 Å². The Morgan fingerprint density at radius 3 is 2.10 bits per heavy atom. The number of nitrogens with one attached hydrogen (secondary N) is 2. The van der Waals surface area contributed by atoms with E-state index >= 15 is 0 Å². The van der Waals surface area contributed by atoms with Crippen LogP contribution in [0.15, 0.2) is 64.8 Å². The Morgan fingerprint density at radius 1 is 1.03 bits per heavy atom. The molecule has 0 bridgehead atoms. The van der Waals surface area contributed by atoms with Crippen LogP contribution in [0.25, 0.3) is 0 Å². The minimum absolute atomic E-state index is 0.0411. The molecular weight excluding hydrogens is 408 g/mol. The molecule has 3 N–H and O–H groups in total. The summed E-state index contributed by atoms with van der Waals surface area (Å²) in [5.41, 5.74) is 1.10. The standard InChI is InChI=1S/C21H22N2O6S/c1-13-4-8-17(9-5-13)23-30(27,28)18-10-6-16(7-11-18)21(26)29-12-19(25)20(14(2)22)15(3)24/h4-11,22-23,25H,12H2,1-3H3/b20-19-,22-14?. The fourth-order valence-corrected chi connectivity index (χ4v) is 3.64. The van der Waals surface area contributed by atoms with Crippen LogP contribution in [-0.4, -0.2) is 37.6 Å². The van der Waals surface area contributed by atoms with E-state index in [-0.39, 0.29) is 21.7 Å². The molecule has 158 valence electrons. The molecule has 9 heteroatoms. The average Bonchev–Trinajstić information content (AvgIpc) is 2.67. The Bertz CT molecular complexity index is 1090. The maximum absolute atomic E-state index is 12.5. The van der Waals surface area contributed by atoms with Gasteiger partial charge < -0.3 is 15.3 Å². The fraction of sp³-hybridized carbons (Fsp3) is 0.190. The first-order valence-corrected chi connectivity index (χ1v) is 10.3. The largest absolute Gasteiger partial charge is 0.508 e. The third-order valence-corrected chi connectivity index (χ3v) is 5.46. The van der Waals surface area contributed by atoms with Crippen molar-refractivity contribution in [3.63, 3.8) is 0 Å². The molecule has 0 aliphatic carbocycles. The third kappa shape index (κ3) is 5.77. The lowest BCUT2D eigenvalue weighted by Gasteiger charge is -2.10. The topological polar surface area (TPSA) is 134 Å². The molecular formula is C21H22N2O6S. The Morgan fingerprint density at radius 2 is 1.60 bits per heavy atom. The molecule has 0 aliphatic heterocycles. The Kier molecular flexibility index (Phi) is 7.12. The van der Waals surface area contributed by atoms with Crippen LogP contribution in [0.1, 0.15) is 29.8 Å². The molecule has 0 heterocycles. The summed E-state index contributed by atoms with van der Waals surface area (Å²) in [4.78, 5) is 23.6. The van der Waals surface area contributed by atoms with Gasteiger partial charge in [-0.15, -0.1) is 0 Å². The molecule has 0 saturated carbocycles. The van der Waals surface area contributed by atoms with Gasteiger partial charge in [0.05, 0.1) is 16.0 Å². The minimum atomic E-state index is -3.84. The van der Waals surface area contributed by atoms with Crippen molar-refractivity contribution in [2.24, 2.45) is 0 Å². The molecule has 2 rings (SSSR count). The van der Waals surface area contributed by atoms with E-state index in [0.29, 0.717) is 5.69 Å². The van der Waals surface area contributed by atoms with Crippen LogP contribution < -0.4 is 4.72 Å². The molecule has 0 amide bonds. The third-order valence-electron chi connectivity index (χ3n) is 4.06. The van der Waals surface area contributed by atoms with Crippen LogP contribution in [0.5, 0.6) is 0 Å². The smallest absolute Gasteiger partial charge is 0.338 e. The van der Waals surface area contributed by atoms with Gasteiger partial charge in [-0.05, 0) is 57.2 Å². The number of carbonyl (C=O) groups excluding carboxylic acids is 2. The van der Waals surface area contributed by atoms with Crippen molar-refractivity contribution in [3.05, 3.63) is 71.0 Å². The Hall–Kier alpha value is -3.46. The van der Waals surface area contributed by atoms with E-state index in [9.17, 15) is 23.1 Å². The Balaban J connectivity index is 2.10. The van der Waals surface area contributed by atoms with Gasteiger partial charge in [-0.25, -0.2) is 13.2 Å². The van der Waals surface area contributed by atoms with Crippen LogP contribution in [0.3, 0.4) is 0 Å². The number of hydrogen-bond acceptors (Lipinski definition) is 7. The first kappa shape index (κ1) is 22.8. The zero-order valence-electron chi connectivity index (χ0n) is 16.7. The number of ketones is 1. The molecule has 0 saturated heterocycles. The number of esters is 1. The van der Waals surface area contributed by atoms with Crippen molar-refractivity contribution in [2.75, 3.05) is 11.3 Å². The number of Topliss-reactive ketones (excluding diaryl/α,β-unsaturated/α-hetero) is 1. The van der Waals surface area contributed by atoms with Gasteiger partial charge in [0, 0.05) is 11.4 Å². The summed E-state index contributed by atoms with van der Waals surface area (Å²) in [6, 6.07) is 11.9. The van der Waals surface area contributed by atoms with Crippen molar-refractivity contribution in [1.82, 2.24) is 0 Å². The normalized spacial score (nSPS) is 12.0. The molecule has 0 aliphatic rings. The number of aliphatic hydroxyl groups is 1. The summed E-state index contributed by atoms with van der Waals surface area (Å²) in [6.45, 7) is 3.83. The fourth-order valence-electron chi connectivity index (χ4n) is 2.58. The molecule has 0 fully saturated rings. The van der Waals surface area contributed by atoms with Gasteiger partial charge in [-0.3, -0.25) is 9.52 Å². The number of aliphatic hydroxyl groups excluding tert-OH is 1. The van der Waals surface area contributed by atoms with Crippen molar-refractivity contribution in [3.8, 4) is 0 Å². The molecule has 8 nitrogen and oxygen atoms in total. The predicted molar refractivity (Wildman–Crippen MR) is 112 cm³/mol. The molecule has 0 radical (unpaired) electrons. The second-order valence-electron chi connectivity index (χ2n) is 6.57. The number of allylic oxidation sites excluding steroid dienone is 1. The highest BCUT2D eigenvalue weighted by Gasteiger charge is 2.18. The SMILES string of the molecule is CC(=N)/C(C(C)=O)=C(/O)COC(=O)c1ccc(S(=O)(=O)Nc2ccc(C)cc2)cc1. The number of anilines is 1. The minimum Gasteiger partial charge on any atom is -0.508 e. The molecule has 0 aromatic heterocycles. The lowest BCUT2D eigenvalue weighted by molar-refractivity contribution is -0.113. The zero-order valence-corrected chi connectivity index (χ0v) is 17.5. The van der Waals surface area contributed by atoms with E-state index in [2.05, 4.69) is 4.72 Å². The van der Waals surface area contributed by atoms with E-state index < -0.39 is 34.1 Å². The van der Waals surface area contributed by atoms with Crippen LogP contribution in [0.4, 0.5) is 5.69 Å². The highest BCUT2D eigenvalue weighted by molar-refractivity contribution is 7.92. The lowest BCUT2D eigenvalue weighted by Crippen LogP contribution is -2.15. The molecule has 2 aromatic carbocycles.